The van der Waals surface area contributed by atoms with E-state index in [1.54, 1.807) is 11.3 Å². The molecule has 2 atom stereocenters. The first-order valence-corrected chi connectivity index (χ1v) is 8.22. The van der Waals surface area contributed by atoms with Gasteiger partial charge in [0.25, 0.3) is 0 Å². The number of nitrogens with zero attached hydrogens (tertiary/aromatic N) is 1. The number of nitrogens with one attached hydrogen (secondary N) is 2. The van der Waals surface area contributed by atoms with Gasteiger partial charge in [-0.05, 0) is 57.4 Å². The van der Waals surface area contributed by atoms with Gasteiger partial charge in [0, 0.05) is 17.8 Å². The molecule has 1 saturated heterocycles. The number of hydrogen-bond acceptors (Lipinski definition) is 4. The number of carbonyl (C=O) groups is 1. The maximum absolute atomic E-state index is 11.9. The summed E-state index contributed by atoms with van der Waals surface area (Å²) in [7, 11) is 4.11. The van der Waals surface area contributed by atoms with Crippen molar-refractivity contribution in [3.8, 4) is 0 Å². The van der Waals surface area contributed by atoms with Crippen LogP contribution in [0.5, 0.6) is 0 Å². The van der Waals surface area contributed by atoms with Crippen molar-refractivity contribution in [2.75, 3.05) is 33.7 Å². The quantitative estimate of drug-likeness (QED) is 0.807. The van der Waals surface area contributed by atoms with Gasteiger partial charge >= 0.3 is 0 Å². The first kappa shape index (κ1) is 15.5. The second kappa shape index (κ2) is 7.76. The van der Waals surface area contributed by atoms with Gasteiger partial charge in [-0.3, -0.25) is 4.79 Å². The topological polar surface area (TPSA) is 44.4 Å². The van der Waals surface area contributed by atoms with Crippen molar-refractivity contribution in [3.05, 3.63) is 22.4 Å². The van der Waals surface area contributed by atoms with Crippen LogP contribution in [0.1, 0.15) is 30.2 Å². The van der Waals surface area contributed by atoms with Crippen LogP contribution in [0.15, 0.2) is 17.5 Å². The van der Waals surface area contributed by atoms with Gasteiger partial charge in [-0.1, -0.05) is 6.07 Å². The molecule has 0 aromatic carbocycles. The fraction of sp³-hybridized carbons (Fsp3) is 0.667. The summed E-state index contributed by atoms with van der Waals surface area (Å²) in [6.45, 7) is 2.87. The summed E-state index contributed by atoms with van der Waals surface area (Å²) in [6.07, 6.45) is 2.87. The van der Waals surface area contributed by atoms with Crippen LogP contribution in [0.3, 0.4) is 0 Å². The van der Waals surface area contributed by atoms with E-state index < -0.39 is 0 Å². The molecule has 1 amide bonds. The fourth-order valence-corrected chi connectivity index (χ4v) is 3.54. The fourth-order valence-electron chi connectivity index (χ4n) is 2.61. The molecule has 0 bridgehead atoms. The lowest BCUT2D eigenvalue weighted by atomic mass is 10.0. The Bertz CT molecular complexity index is 399. The zero-order valence-corrected chi connectivity index (χ0v) is 13.2. The standard InChI is InChI=1S/C15H25N3OS/c1-18(2)13(14-4-3-9-20-14)11-17-15(19)6-5-12-7-8-16-10-12/h3-4,9,12-13,16H,5-8,10-11H2,1-2H3,(H,17,19). The molecule has 2 rings (SSSR count). The molecule has 1 aromatic heterocycles. The number of amides is 1. The molecule has 1 aromatic rings. The average molecular weight is 295 g/mol. The Morgan fingerprint density at radius 3 is 3.05 bits per heavy atom. The molecule has 0 spiro atoms. The molecule has 5 heteroatoms. The zero-order valence-electron chi connectivity index (χ0n) is 12.4. The number of carbonyl (C=O) groups excluding carboxylic acids is 1. The molecule has 2 heterocycles. The molecule has 1 aliphatic heterocycles. The third kappa shape index (κ3) is 4.58. The zero-order chi connectivity index (χ0) is 14.4. The molecule has 112 valence electrons. The third-order valence-electron chi connectivity index (χ3n) is 3.93. The second-order valence-corrected chi connectivity index (χ2v) is 6.68. The molecule has 4 nitrogen and oxygen atoms in total. The Hall–Kier alpha value is -0.910. The summed E-state index contributed by atoms with van der Waals surface area (Å²) in [6, 6.07) is 4.46. The minimum absolute atomic E-state index is 0.181. The Morgan fingerprint density at radius 2 is 2.45 bits per heavy atom. The molecule has 0 aliphatic carbocycles. The lowest BCUT2D eigenvalue weighted by molar-refractivity contribution is -0.121. The molecule has 2 unspecified atom stereocenters. The van der Waals surface area contributed by atoms with Crippen LogP contribution < -0.4 is 10.6 Å². The Morgan fingerprint density at radius 1 is 1.60 bits per heavy atom. The van der Waals surface area contributed by atoms with Gasteiger partial charge in [0.2, 0.25) is 5.91 Å². The van der Waals surface area contributed by atoms with Crippen LogP contribution in [-0.4, -0.2) is 44.5 Å². The van der Waals surface area contributed by atoms with E-state index in [4.69, 9.17) is 0 Å². The highest BCUT2D eigenvalue weighted by Crippen LogP contribution is 2.22. The molecular formula is C15H25N3OS. The number of thiophene rings is 1. The van der Waals surface area contributed by atoms with E-state index in [0.29, 0.717) is 18.9 Å². The van der Waals surface area contributed by atoms with Gasteiger partial charge < -0.3 is 15.5 Å². The minimum atomic E-state index is 0.181. The molecular weight excluding hydrogens is 270 g/mol. The molecule has 1 fully saturated rings. The van der Waals surface area contributed by atoms with Crippen LogP contribution in [-0.2, 0) is 4.79 Å². The van der Waals surface area contributed by atoms with Gasteiger partial charge in [-0.25, -0.2) is 0 Å². The first-order valence-electron chi connectivity index (χ1n) is 7.34. The maximum atomic E-state index is 11.9. The van der Waals surface area contributed by atoms with E-state index >= 15 is 0 Å². The van der Waals surface area contributed by atoms with Crippen LogP contribution in [0.2, 0.25) is 0 Å². The summed E-state index contributed by atoms with van der Waals surface area (Å²) in [5.41, 5.74) is 0. The van der Waals surface area contributed by atoms with Gasteiger partial charge in [0.05, 0.1) is 6.04 Å². The molecule has 20 heavy (non-hydrogen) atoms. The van der Waals surface area contributed by atoms with Gasteiger partial charge in [-0.2, -0.15) is 0 Å². The summed E-state index contributed by atoms with van der Waals surface area (Å²) in [5.74, 6) is 0.864. The van der Waals surface area contributed by atoms with Crippen molar-refractivity contribution in [3.63, 3.8) is 0 Å². The van der Waals surface area contributed by atoms with Crippen molar-refractivity contribution < 1.29 is 4.79 Å². The summed E-state index contributed by atoms with van der Waals surface area (Å²) in [5, 5.41) is 8.51. The first-order chi connectivity index (χ1) is 9.66. The summed E-state index contributed by atoms with van der Waals surface area (Å²) < 4.78 is 0. The lowest BCUT2D eigenvalue weighted by Crippen LogP contribution is -2.34. The molecule has 0 saturated carbocycles. The molecule has 0 radical (unpaired) electrons. The summed E-state index contributed by atoms with van der Waals surface area (Å²) >= 11 is 1.74. The van der Waals surface area contributed by atoms with Crippen LogP contribution >= 0.6 is 11.3 Å². The van der Waals surface area contributed by atoms with Crippen molar-refractivity contribution in [2.45, 2.75) is 25.3 Å². The number of hydrogen-bond donors (Lipinski definition) is 2. The smallest absolute Gasteiger partial charge is 0.220 e. The van der Waals surface area contributed by atoms with Gasteiger partial charge in [0.15, 0.2) is 0 Å². The highest BCUT2D eigenvalue weighted by Gasteiger charge is 2.18. The summed E-state index contributed by atoms with van der Waals surface area (Å²) in [4.78, 5) is 15.4. The Balaban J connectivity index is 1.73. The van der Waals surface area contributed by atoms with Crippen molar-refractivity contribution in [1.82, 2.24) is 15.5 Å². The van der Waals surface area contributed by atoms with Crippen LogP contribution in [0.25, 0.3) is 0 Å². The SMILES string of the molecule is CN(C)C(CNC(=O)CCC1CCNC1)c1cccs1. The van der Waals surface area contributed by atoms with Crippen molar-refractivity contribution in [1.29, 1.82) is 0 Å². The highest BCUT2D eigenvalue weighted by atomic mass is 32.1. The van der Waals surface area contributed by atoms with Crippen molar-refractivity contribution >= 4 is 17.2 Å². The predicted octanol–water partition coefficient (Wildman–Crippen LogP) is 1.86. The lowest BCUT2D eigenvalue weighted by Gasteiger charge is -2.23. The second-order valence-electron chi connectivity index (χ2n) is 5.70. The number of rotatable bonds is 7. The Kier molecular flexibility index (Phi) is 6.01. The normalized spacial score (nSPS) is 20.2. The minimum Gasteiger partial charge on any atom is -0.354 e. The van der Waals surface area contributed by atoms with Crippen molar-refractivity contribution in [2.24, 2.45) is 5.92 Å². The largest absolute Gasteiger partial charge is 0.354 e. The monoisotopic (exact) mass is 295 g/mol. The van der Waals surface area contributed by atoms with E-state index in [-0.39, 0.29) is 11.9 Å². The van der Waals surface area contributed by atoms with E-state index in [0.717, 1.165) is 19.5 Å². The Labute approximate surface area is 125 Å². The highest BCUT2D eigenvalue weighted by molar-refractivity contribution is 7.10. The third-order valence-corrected chi connectivity index (χ3v) is 4.90. The van der Waals surface area contributed by atoms with Crippen LogP contribution in [0, 0.1) is 5.92 Å². The van der Waals surface area contributed by atoms with Gasteiger partial charge in [-0.15, -0.1) is 11.3 Å². The van der Waals surface area contributed by atoms with E-state index in [2.05, 4.69) is 47.1 Å². The average Bonchev–Trinajstić information content (AvgIpc) is 3.09. The van der Waals surface area contributed by atoms with E-state index in [1.807, 2.05) is 0 Å². The number of likely N-dealkylation sites (N-methyl/N-ethyl adjacent to an activating group) is 1. The molecule has 2 N–H and O–H groups in total. The van der Waals surface area contributed by atoms with E-state index in [1.165, 1.54) is 11.3 Å². The predicted molar refractivity (Wildman–Crippen MR) is 84.0 cm³/mol. The van der Waals surface area contributed by atoms with E-state index in [9.17, 15) is 4.79 Å². The van der Waals surface area contributed by atoms with Crippen LogP contribution in [0.4, 0.5) is 0 Å². The maximum Gasteiger partial charge on any atom is 0.220 e. The molecule has 1 aliphatic rings. The van der Waals surface area contributed by atoms with Gasteiger partial charge in [0.1, 0.15) is 0 Å².